The van der Waals surface area contributed by atoms with Crippen LogP contribution in [0.5, 0.6) is 17.2 Å². The molecule has 1 atom stereocenters. The van der Waals surface area contributed by atoms with Crippen LogP contribution in [0.1, 0.15) is 0 Å². The van der Waals surface area contributed by atoms with Crippen molar-refractivity contribution in [3.63, 3.8) is 0 Å². The van der Waals surface area contributed by atoms with E-state index in [0.717, 1.165) is 0 Å². The lowest BCUT2D eigenvalue weighted by Gasteiger charge is -2.21. The number of halogens is 1. The number of hydrogen-bond acceptors (Lipinski definition) is 5. The minimum Gasteiger partial charge on any atom is -0.491 e. The molecule has 1 heterocycles. The number of carbonyl (C=O) groups is 1. The van der Waals surface area contributed by atoms with Gasteiger partial charge in [-0.1, -0.05) is 6.07 Å². The molecule has 0 aliphatic carbocycles. The molecule has 1 aliphatic rings. The van der Waals surface area contributed by atoms with Gasteiger partial charge >= 0.3 is 0 Å². The lowest BCUT2D eigenvalue weighted by Crippen LogP contribution is -2.27. The lowest BCUT2D eigenvalue weighted by atomic mass is 10.2. The van der Waals surface area contributed by atoms with Crippen molar-refractivity contribution in [3.05, 3.63) is 48.3 Å². The molecule has 0 bridgehead atoms. The van der Waals surface area contributed by atoms with Crippen molar-refractivity contribution >= 4 is 11.6 Å². The lowest BCUT2D eigenvalue weighted by molar-refractivity contribution is -0.118. The van der Waals surface area contributed by atoms with Crippen molar-refractivity contribution in [2.75, 3.05) is 25.1 Å². The average molecular weight is 333 g/mol. The van der Waals surface area contributed by atoms with Crippen LogP contribution in [0, 0.1) is 5.82 Å². The second-order valence-electron chi connectivity index (χ2n) is 5.20. The third-order valence-electron chi connectivity index (χ3n) is 3.30. The second-order valence-corrected chi connectivity index (χ2v) is 5.20. The standard InChI is InChI=1S/C17H16FNO5/c18-11-4-6-13(7-5-11)22-8-12(20)9-23-14-2-1-3-15-17(14)19-16(21)10-24-15/h1-7,12,20H,8-10H2,(H,19,21)/t12-/m0/s1. The Balaban J connectivity index is 1.54. The predicted octanol–water partition coefficient (Wildman–Crippen LogP) is 1.98. The zero-order valence-electron chi connectivity index (χ0n) is 12.7. The van der Waals surface area contributed by atoms with Crippen LogP contribution in [0.3, 0.4) is 0 Å². The minimum absolute atomic E-state index is 0.0104. The SMILES string of the molecule is O=C1COc2cccc(OC[C@@H](O)COc3ccc(F)cc3)c2N1. The first-order valence-electron chi connectivity index (χ1n) is 7.37. The first kappa shape index (κ1) is 16.1. The van der Waals surface area contributed by atoms with Crippen molar-refractivity contribution in [2.24, 2.45) is 0 Å². The third-order valence-corrected chi connectivity index (χ3v) is 3.30. The highest BCUT2D eigenvalue weighted by Crippen LogP contribution is 2.36. The summed E-state index contributed by atoms with van der Waals surface area (Å²) in [6.07, 6.45) is -0.897. The number of carbonyl (C=O) groups excluding carboxylic acids is 1. The van der Waals surface area contributed by atoms with Crippen LogP contribution >= 0.6 is 0 Å². The molecule has 2 aromatic rings. The summed E-state index contributed by atoms with van der Waals surface area (Å²) in [6, 6.07) is 10.6. The molecule has 7 heteroatoms. The number of anilines is 1. The van der Waals surface area contributed by atoms with Gasteiger partial charge in [0.1, 0.15) is 48.1 Å². The first-order valence-corrected chi connectivity index (χ1v) is 7.37. The van der Waals surface area contributed by atoms with E-state index < -0.39 is 6.10 Å². The summed E-state index contributed by atoms with van der Waals surface area (Å²) in [5.41, 5.74) is 0.445. The maximum absolute atomic E-state index is 12.8. The normalized spacial score (nSPS) is 14.2. The van der Waals surface area contributed by atoms with Crippen LogP contribution in [-0.2, 0) is 4.79 Å². The van der Waals surface area contributed by atoms with Gasteiger partial charge in [-0.05, 0) is 36.4 Å². The number of rotatable bonds is 6. The molecular weight excluding hydrogens is 317 g/mol. The van der Waals surface area contributed by atoms with E-state index in [4.69, 9.17) is 14.2 Å². The molecule has 0 unspecified atom stereocenters. The highest BCUT2D eigenvalue weighted by atomic mass is 19.1. The van der Waals surface area contributed by atoms with Crippen LogP contribution in [0.25, 0.3) is 0 Å². The predicted molar refractivity (Wildman–Crippen MR) is 84.0 cm³/mol. The Morgan fingerprint density at radius 3 is 2.71 bits per heavy atom. The summed E-state index contributed by atoms with van der Waals surface area (Å²) >= 11 is 0. The van der Waals surface area contributed by atoms with Crippen molar-refractivity contribution in [1.29, 1.82) is 0 Å². The molecular formula is C17H16FNO5. The molecule has 0 saturated heterocycles. The van der Waals surface area contributed by atoms with E-state index in [1.807, 2.05) is 0 Å². The fourth-order valence-electron chi connectivity index (χ4n) is 2.15. The highest BCUT2D eigenvalue weighted by Gasteiger charge is 2.20. The van der Waals surface area contributed by atoms with E-state index >= 15 is 0 Å². The number of fused-ring (bicyclic) bond motifs is 1. The Labute approximate surface area is 137 Å². The number of para-hydroxylation sites is 1. The summed E-state index contributed by atoms with van der Waals surface area (Å²) in [4.78, 5) is 11.4. The Kier molecular flexibility index (Phi) is 4.81. The fourth-order valence-corrected chi connectivity index (χ4v) is 2.15. The fraction of sp³-hybridized carbons (Fsp3) is 0.235. The number of benzene rings is 2. The first-order chi connectivity index (χ1) is 11.6. The second kappa shape index (κ2) is 7.18. The topological polar surface area (TPSA) is 77.0 Å². The third kappa shape index (κ3) is 3.94. The van der Waals surface area contributed by atoms with Gasteiger partial charge < -0.3 is 24.6 Å². The van der Waals surface area contributed by atoms with Crippen LogP contribution in [0.4, 0.5) is 10.1 Å². The van der Waals surface area contributed by atoms with Crippen LogP contribution in [0.15, 0.2) is 42.5 Å². The smallest absolute Gasteiger partial charge is 0.262 e. The Bertz CT molecular complexity index is 719. The van der Waals surface area contributed by atoms with Gasteiger partial charge in [0.15, 0.2) is 6.61 Å². The van der Waals surface area contributed by atoms with Gasteiger partial charge in [0.05, 0.1) is 0 Å². The number of hydrogen-bond donors (Lipinski definition) is 2. The Hall–Kier alpha value is -2.80. The number of ether oxygens (including phenoxy) is 3. The van der Waals surface area contributed by atoms with Crippen molar-refractivity contribution < 1.29 is 28.5 Å². The number of aliphatic hydroxyl groups excluding tert-OH is 1. The van der Waals surface area contributed by atoms with Gasteiger partial charge in [-0.2, -0.15) is 0 Å². The van der Waals surface area contributed by atoms with Gasteiger partial charge in [0, 0.05) is 0 Å². The zero-order chi connectivity index (χ0) is 16.9. The summed E-state index contributed by atoms with van der Waals surface area (Å²) < 4.78 is 29.0. The molecule has 3 rings (SSSR count). The molecule has 2 aromatic carbocycles. The molecule has 2 N–H and O–H groups in total. The quantitative estimate of drug-likeness (QED) is 0.845. The molecule has 0 radical (unpaired) electrons. The molecule has 24 heavy (non-hydrogen) atoms. The van der Waals surface area contributed by atoms with Crippen molar-refractivity contribution in [1.82, 2.24) is 0 Å². The molecule has 1 aliphatic heterocycles. The molecule has 6 nitrogen and oxygen atoms in total. The molecule has 0 fully saturated rings. The van der Waals surface area contributed by atoms with Gasteiger partial charge in [0.25, 0.3) is 5.91 Å². The summed E-state index contributed by atoms with van der Waals surface area (Å²) in [5.74, 6) is 0.752. The van der Waals surface area contributed by atoms with E-state index in [1.165, 1.54) is 24.3 Å². The Morgan fingerprint density at radius 2 is 1.92 bits per heavy atom. The van der Waals surface area contributed by atoms with E-state index in [-0.39, 0.29) is 31.5 Å². The van der Waals surface area contributed by atoms with Gasteiger partial charge in [-0.15, -0.1) is 0 Å². The summed E-state index contributed by atoms with van der Waals surface area (Å²) in [5, 5.41) is 12.6. The van der Waals surface area contributed by atoms with E-state index in [0.29, 0.717) is 22.9 Å². The van der Waals surface area contributed by atoms with Crippen molar-refractivity contribution in [2.45, 2.75) is 6.10 Å². The van der Waals surface area contributed by atoms with Crippen LogP contribution in [0.2, 0.25) is 0 Å². The molecule has 0 saturated carbocycles. The maximum atomic E-state index is 12.8. The maximum Gasteiger partial charge on any atom is 0.262 e. The van der Waals surface area contributed by atoms with Gasteiger partial charge in [-0.3, -0.25) is 4.79 Å². The average Bonchev–Trinajstić information content (AvgIpc) is 2.59. The largest absolute Gasteiger partial charge is 0.491 e. The van der Waals surface area contributed by atoms with Gasteiger partial charge in [0.2, 0.25) is 0 Å². The van der Waals surface area contributed by atoms with Crippen molar-refractivity contribution in [3.8, 4) is 17.2 Å². The summed E-state index contributed by atoms with van der Waals surface area (Å²) in [7, 11) is 0. The molecule has 126 valence electrons. The van der Waals surface area contributed by atoms with Gasteiger partial charge in [-0.25, -0.2) is 4.39 Å². The Morgan fingerprint density at radius 1 is 1.17 bits per heavy atom. The summed E-state index contributed by atoms with van der Waals surface area (Å²) in [6.45, 7) is -0.0817. The van der Waals surface area contributed by atoms with E-state index in [2.05, 4.69) is 5.32 Å². The monoisotopic (exact) mass is 333 g/mol. The zero-order valence-corrected chi connectivity index (χ0v) is 12.7. The van der Waals surface area contributed by atoms with Crippen LogP contribution in [-0.4, -0.2) is 36.9 Å². The van der Waals surface area contributed by atoms with E-state index in [1.54, 1.807) is 18.2 Å². The van der Waals surface area contributed by atoms with E-state index in [9.17, 15) is 14.3 Å². The number of amides is 1. The highest BCUT2D eigenvalue weighted by molar-refractivity contribution is 5.97. The number of aliphatic hydroxyl groups is 1. The van der Waals surface area contributed by atoms with Crippen LogP contribution < -0.4 is 19.5 Å². The number of nitrogens with one attached hydrogen (secondary N) is 1. The minimum atomic E-state index is -0.897. The molecule has 0 aromatic heterocycles. The molecule has 0 spiro atoms. The molecule has 1 amide bonds.